The summed E-state index contributed by atoms with van der Waals surface area (Å²) in [6.45, 7) is 15.0. The number of esters is 1. The third kappa shape index (κ3) is 6.15. The molecule has 0 spiro atoms. The second kappa shape index (κ2) is 13.6. The minimum atomic E-state index is -1.12. The van der Waals surface area contributed by atoms with E-state index in [9.17, 15) is 29.0 Å². The van der Waals surface area contributed by atoms with Gasteiger partial charge < -0.3 is 35.1 Å². The number of aromatic nitrogens is 4. The quantitative estimate of drug-likeness (QED) is 0.204. The molecule has 4 N–H and O–H groups in total. The number of ether oxygens (including phenoxy) is 1. The number of nitrogens with zero attached hydrogens (tertiary/aromatic N) is 7. The number of aryl methyl sites for hydroxylation is 1. The Morgan fingerprint density at radius 3 is 2.53 bits per heavy atom. The van der Waals surface area contributed by atoms with Crippen molar-refractivity contribution in [1.82, 2.24) is 29.3 Å². The first kappa shape index (κ1) is 37.8. The molecule has 5 aliphatic rings. The summed E-state index contributed by atoms with van der Waals surface area (Å²) >= 11 is 0. The summed E-state index contributed by atoms with van der Waals surface area (Å²) in [5.41, 5.74) is 3.38. The van der Waals surface area contributed by atoms with E-state index in [1.54, 1.807) is 21.9 Å². The van der Waals surface area contributed by atoms with Gasteiger partial charge in [0.25, 0.3) is 0 Å². The van der Waals surface area contributed by atoms with E-state index < -0.39 is 52.0 Å². The maximum absolute atomic E-state index is 14.5. The Balaban J connectivity index is 0.972. The van der Waals surface area contributed by atoms with E-state index in [1.807, 2.05) is 37.5 Å². The summed E-state index contributed by atoms with van der Waals surface area (Å²) in [4.78, 5) is 58.7. The van der Waals surface area contributed by atoms with Crippen molar-refractivity contribution in [2.75, 3.05) is 50.7 Å². The Bertz CT molecular complexity index is 1780. The van der Waals surface area contributed by atoms with Gasteiger partial charge in [-0.15, -0.1) is 6.58 Å². The molecule has 9 atom stereocenters. The van der Waals surface area contributed by atoms with Crippen LogP contribution in [0.2, 0.25) is 0 Å². The number of ketones is 1. The first-order chi connectivity index (χ1) is 25.0. The van der Waals surface area contributed by atoms with Gasteiger partial charge in [-0.1, -0.05) is 26.8 Å². The van der Waals surface area contributed by atoms with E-state index in [0.717, 1.165) is 6.42 Å². The molecule has 3 saturated carbocycles. The molecule has 53 heavy (non-hydrogen) atoms. The minimum absolute atomic E-state index is 0.0118. The zero-order valence-electron chi connectivity index (χ0n) is 31.5. The van der Waals surface area contributed by atoms with E-state index >= 15 is 0 Å². The number of aliphatic hydroxyl groups is 2. The number of carbonyl (C=O) groups is 3. The topological polar surface area (TPSA) is 180 Å². The predicted molar refractivity (Wildman–Crippen MR) is 194 cm³/mol. The normalized spacial score (nSPS) is 37.7. The molecule has 0 radical (unpaired) electrons. The van der Waals surface area contributed by atoms with Crippen molar-refractivity contribution in [2.24, 2.45) is 33.8 Å². The largest absolute Gasteiger partial charge is 0.458 e. The molecule has 2 aromatic rings. The number of piperazine rings is 1. The molecule has 2 saturated heterocycles. The Morgan fingerprint density at radius 2 is 1.85 bits per heavy atom. The van der Waals surface area contributed by atoms with Crippen molar-refractivity contribution in [3.05, 3.63) is 25.1 Å². The lowest BCUT2D eigenvalue weighted by atomic mass is 9.42. The Kier molecular flexibility index (Phi) is 9.72. The predicted octanol–water partition coefficient (Wildman–Crippen LogP) is 2.06. The van der Waals surface area contributed by atoms with Crippen LogP contribution in [-0.4, -0.2) is 127 Å². The van der Waals surface area contributed by atoms with Gasteiger partial charge in [-0.2, -0.15) is 14.4 Å². The molecule has 14 nitrogen and oxygen atoms in total. The molecule has 7 rings (SSSR count). The first-order valence-electron chi connectivity index (χ1n) is 19.2. The van der Waals surface area contributed by atoms with Crippen LogP contribution in [0.1, 0.15) is 72.6 Å². The fourth-order valence-corrected chi connectivity index (χ4v) is 10.7. The van der Waals surface area contributed by atoms with Crippen LogP contribution in [0.5, 0.6) is 0 Å². The van der Waals surface area contributed by atoms with Crippen molar-refractivity contribution in [1.29, 1.82) is 0 Å². The van der Waals surface area contributed by atoms with Crippen LogP contribution in [0.4, 0.5) is 10.2 Å². The van der Waals surface area contributed by atoms with Crippen LogP contribution in [0.3, 0.4) is 0 Å². The summed E-state index contributed by atoms with van der Waals surface area (Å²) in [6, 6.07) is -0.0118. The van der Waals surface area contributed by atoms with Crippen LogP contribution in [0.15, 0.2) is 19.0 Å². The molecule has 0 aromatic carbocycles. The molecular formula is C38H55FN8O6. The monoisotopic (exact) mass is 738 g/mol. The Hall–Kier alpha value is -3.53. The summed E-state index contributed by atoms with van der Waals surface area (Å²) in [5.74, 6) is -0.783. The van der Waals surface area contributed by atoms with E-state index in [-0.39, 0.29) is 49.6 Å². The highest BCUT2D eigenvalue weighted by atomic mass is 19.1. The van der Waals surface area contributed by atoms with E-state index in [1.165, 1.54) is 0 Å². The van der Waals surface area contributed by atoms with Crippen LogP contribution in [0.25, 0.3) is 11.2 Å². The fraction of sp³-hybridized carbons (Fsp3) is 0.737. The van der Waals surface area contributed by atoms with Crippen molar-refractivity contribution in [2.45, 2.75) is 103 Å². The van der Waals surface area contributed by atoms with Crippen LogP contribution in [0, 0.1) is 34.2 Å². The standard InChI is InChI=1S/C38H55FN8O6/c1-6-35(3)19-26(49)37(5)30-25(48)7-10-38(30,23(2)31(35)52)12-11-36(37,4)53-28(51)21-44-15-17-45(18-16-44)27(50)9-14-47-22-41-29-32(42-34(39)43-33(29)47)46-13-8-24(40)20-46/h6,22-24,26,30-31,49,52H,1,7-21,40H2,2-5H3. The van der Waals surface area contributed by atoms with Gasteiger partial charge >= 0.3 is 12.0 Å². The molecule has 290 valence electrons. The van der Waals surface area contributed by atoms with Crippen LogP contribution in [-0.2, 0) is 25.7 Å². The number of Topliss-reactive ketones (excluding diaryl/α,β-unsaturated/α-hetero) is 1. The number of hydrogen-bond acceptors (Lipinski definition) is 12. The average Bonchev–Trinajstić information content (AvgIpc) is 3.85. The van der Waals surface area contributed by atoms with Gasteiger partial charge in [-0.05, 0) is 50.4 Å². The second-order valence-corrected chi connectivity index (χ2v) is 17.1. The lowest BCUT2D eigenvalue weighted by Crippen LogP contribution is -2.69. The van der Waals surface area contributed by atoms with Crippen LogP contribution >= 0.6 is 0 Å². The minimum Gasteiger partial charge on any atom is -0.458 e. The molecule has 2 bridgehead atoms. The van der Waals surface area contributed by atoms with Crippen molar-refractivity contribution >= 4 is 34.6 Å². The van der Waals surface area contributed by atoms with Crippen molar-refractivity contribution in [3.8, 4) is 0 Å². The lowest BCUT2D eigenvalue weighted by molar-refractivity contribution is -0.252. The number of aliphatic hydroxyl groups excluding tert-OH is 2. The maximum atomic E-state index is 14.5. The van der Waals surface area contributed by atoms with Gasteiger partial charge in [0, 0.05) is 81.4 Å². The molecule has 3 aliphatic carbocycles. The average molecular weight is 739 g/mol. The van der Waals surface area contributed by atoms with Gasteiger partial charge in [-0.25, -0.2) is 4.98 Å². The number of imidazole rings is 1. The second-order valence-electron chi connectivity index (χ2n) is 17.1. The van der Waals surface area contributed by atoms with Gasteiger partial charge in [0.2, 0.25) is 5.91 Å². The van der Waals surface area contributed by atoms with Crippen molar-refractivity contribution < 1.29 is 33.7 Å². The van der Waals surface area contributed by atoms with Gasteiger partial charge in [0.1, 0.15) is 11.4 Å². The molecule has 2 aromatic heterocycles. The van der Waals surface area contributed by atoms with E-state index in [2.05, 4.69) is 21.5 Å². The number of fused-ring (bicyclic) bond motifs is 1. The molecule has 9 unspecified atom stereocenters. The summed E-state index contributed by atoms with van der Waals surface area (Å²) in [6.07, 6.45) is 3.86. The van der Waals surface area contributed by atoms with E-state index in [0.29, 0.717) is 81.9 Å². The number of rotatable bonds is 8. The van der Waals surface area contributed by atoms with E-state index in [4.69, 9.17) is 10.5 Å². The first-order valence-corrected chi connectivity index (χ1v) is 19.2. The Morgan fingerprint density at radius 1 is 1.11 bits per heavy atom. The van der Waals surface area contributed by atoms with Gasteiger partial charge in [-0.3, -0.25) is 19.3 Å². The van der Waals surface area contributed by atoms with Crippen LogP contribution < -0.4 is 10.6 Å². The third-order valence-electron chi connectivity index (χ3n) is 14.3. The highest BCUT2D eigenvalue weighted by Gasteiger charge is 2.72. The highest BCUT2D eigenvalue weighted by Crippen LogP contribution is 2.69. The molecular weight excluding hydrogens is 683 g/mol. The van der Waals surface area contributed by atoms with Crippen molar-refractivity contribution in [3.63, 3.8) is 0 Å². The Labute approximate surface area is 309 Å². The summed E-state index contributed by atoms with van der Waals surface area (Å²) in [5, 5.41) is 23.6. The lowest BCUT2D eigenvalue weighted by Gasteiger charge is -2.64. The molecule has 2 aliphatic heterocycles. The smallest absolute Gasteiger partial charge is 0.320 e. The summed E-state index contributed by atoms with van der Waals surface area (Å²) in [7, 11) is 0. The fourth-order valence-electron chi connectivity index (χ4n) is 10.7. The zero-order valence-corrected chi connectivity index (χ0v) is 31.5. The number of halogens is 1. The summed E-state index contributed by atoms with van der Waals surface area (Å²) < 4.78 is 22.5. The van der Waals surface area contributed by atoms with Gasteiger partial charge in [0.05, 0.1) is 25.1 Å². The van der Waals surface area contributed by atoms with Gasteiger partial charge in [0.15, 0.2) is 17.0 Å². The third-order valence-corrected chi connectivity index (χ3v) is 14.3. The highest BCUT2D eigenvalue weighted by molar-refractivity contribution is 5.86. The maximum Gasteiger partial charge on any atom is 0.320 e. The molecule has 1 amide bonds. The molecule has 15 heteroatoms. The molecule has 4 heterocycles. The number of amides is 1. The number of hydrogen-bond donors (Lipinski definition) is 3. The number of nitrogens with two attached hydrogens (primary N) is 1. The number of anilines is 1. The zero-order chi connectivity index (χ0) is 38.1. The SMILES string of the molecule is C=CC1(C)CC(O)C2(C)C3C(=O)CCC3(CCC2(C)OC(=O)CN2CCN(C(=O)CCn3cnc4c(N5CCC(N)C5)nc(F)nc43)CC2)C(C)C1O. The molecule has 5 fully saturated rings. The number of carbonyl (C=O) groups excluding carboxylic acids is 3.